The van der Waals surface area contributed by atoms with Gasteiger partial charge in [0, 0.05) is 36.6 Å². The zero-order valence-corrected chi connectivity index (χ0v) is 19.8. The largest absolute Gasteiger partial charge is 0.507 e. The van der Waals surface area contributed by atoms with Gasteiger partial charge in [-0.25, -0.2) is 8.78 Å². The molecule has 3 aromatic carbocycles. The van der Waals surface area contributed by atoms with Gasteiger partial charge in [-0.1, -0.05) is 23.7 Å². The van der Waals surface area contributed by atoms with E-state index in [4.69, 9.17) is 16.3 Å². The Kier molecular flexibility index (Phi) is 6.49. The summed E-state index contributed by atoms with van der Waals surface area (Å²) in [5.41, 5.74) is 1.16. The van der Waals surface area contributed by atoms with E-state index in [2.05, 4.69) is 0 Å². The third-order valence-corrected chi connectivity index (χ3v) is 6.00. The highest BCUT2D eigenvalue weighted by molar-refractivity contribution is 6.51. The maximum Gasteiger partial charge on any atom is 0.300 e. The van der Waals surface area contributed by atoms with E-state index < -0.39 is 35.1 Å². The third-order valence-electron chi connectivity index (χ3n) is 5.77. The van der Waals surface area contributed by atoms with Gasteiger partial charge in [-0.05, 0) is 48.0 Å². The first-order valence-electron chi connectivity index (χ1n) is 10.5. The SMILES string of the molecule is COc1ccc(Cl)cc1/C(O)=C1\C(=O)C(=O)N(c2ccc(F)c(F)c2)C1c1ccc(N(C)C)cc1. The Hall–Kier alpha value is -3.91. The summed E-state index contributed by atoms with van der Waals surface area (Å²) in [7, 11) is 5.10. The van der Waals surface area contributed by atoms with Crippen molar-refractivity contribution in [2.24, 2.45) is 0 Å². The highest BCUT2D eigenvalue weighted by Gasteiger charge is 2.47. The second kappa shape index (κ2) is 9.38. The quantitative estimate of drug-likeness (QED) is 0.293. The Morgan fingerprint density at radius 2 is 1.69 bits per heavy atom. The number of carbonyl (C=O) groups excluding carboxylic acids is 2. The first-order valence-corrected chi connectivity index (χ1v) is 10.9. The average molecular weight is 499 g/mol. The standard InChI is InChI=1S/C26H21ClF2N2O4/c1-30(2)16-7-4-14(5-8-16)23-22(24(32)18-12-15(27)6-11-21(18)35-3)25(33)26(34)31(23)17-9-10-19(28)20(29)13-17/h4-13,23,32H,1-3H3/b24-22+. The van der Waals surface area contributed by atoms with Crippen LogP contribution in [-0.4, -0.2) is 38.0 Å². The molecule has 0 bridgehead atoms. The molecule has 6 nitrogen and oxygen atoms in total. The number of hydrogen-bond acceptors (Lipinski definition) is 5. The minimum Gasteiger partial charge on any atom is -0.507 e. The van der Waals surface area contributed by atoms with Crippen molar-refractivity contribution in [3.63, 3.8) is 0 Å². The highest BCUT2D eigenvalue weighted by Crippen LogP contribution is 2.44. The number of ether oxygens (including phenoxy) is 1. The van der Waals surface area contributed by atoms with E-state index in [1.165, 1.54) is 25.3 Å². The van der Waals surface area contributed by atoms with Crippen LogP contribution >= 0.6 is 11.6 Å². The summed E-state index contributed by atoms with van der Waals surface area (Å²) in [6, 6.07) is 13.2. The molecule has 0 radical (unpaired) electrons. The van der Waals surface area contributed by atoms with E-state index in [1.54, 1.807) is 30.3 Å². The number of hydrogen-bond donors (Lipinski definition) is 1. The zero-order chi connectivity index (χ0) is 25.4. The Morgan fingerprint density at radius 3 is 2.29 bits per heavy atom. The molecule has 1 unspecified atom stereocenters. The number of aliphatic hydroxyl groups is 1. The number of benzene rings is 3. The number of Topliss-reactive ketones (excluding diaryl/α,β-unsaturated/α-hetero) is 1. The number of nitrogens with zero attached hydrogens (tertiary/aromatic N) is 2. The molecule has 0 saturated carbocycles. The summed E-state index contributed by atoms with van der Waals surface area (Å²) in [6.45, 7) is 0. The molecule has 0 spiro atoms. The molecule has 1 aliphatic heterocycles. The topological polar surface area (TPSA) is 70.1 Å². The fourth-order valence-corrected chi connectivity index (χ4v) is 4.19. The lowest BCUT2D eigenvalue weighted by Crippen LogP contribution is -2.29. The van der Waals surface area contributed by atoms with E-state index in [9.17, 15) is 23.5 Å². The molecule has 4 rings (SSSR count). The fourth-order valence-electron chi connectivity index (χ4n) is 4.01. The first-order chi connectivity index (χ1) is 16.6. The number of anilines is 2. The molecule has 9 heteroatoms. The molecule has 0 aliphatic carbocycles. The predicted octanol–water partition coefficient (Wildman–Crippen LogP) is 5.32. The maximum absolute atomic E-state index is 14.1. The van der Waals surface area contributed by atoms with Crippen LogP contribution in [0.25, 0.3) is 5.76 Å². The van der Waals surface area contributed by atoms with E-state index >= 15 is 0 Å². The molecule has 1 heterocycles. The van der Waals surface area contributed by atoms with Gasteiger partial charge in [0.25, 0.3) is 11.7 Å². The molecule has 35 heavy (non-hydrogen) atoms. The Morgan fingerprint density at radius 1 is 1.00 bits per heavy atom. The van der Waals surface area contributed by atoms with Crippen LogP contribution in [0.3, 0.4) is 0 Å². The van der Waals surface area contributed by atoms with Crippen LogP contribution in [0.4, 0.5) is 20.2 Å². The van der Waals surface area contributed by atoms with Crippen molar-refractivity contribution >= 4 is 40.4 Å². The molecule has 0 aromatic heterocycles. The van der Waals surface area contributed by atoms with E-state index in [0.717, 1.165) is 22.7 Å². The monoisotopic (exact) mass is 498 g/mol. The minimum atomic E-state index is -1.18. The molecule has 1 atom stereocenters. The second-order valence-electron chi connectivity index (χ2n) is 8.10. The maximum atomic E-state index is 14.1. The lowest BCUT2D eigenvalue weighted by atomic mass is 9.94. The van der Waals surface area contributed by atoms with Crippen molar-refractivity contribution < 1.29 is 28.2 Å². The first kappa shape index (κ1) is 24.2. The summed E-state index contributed by atoms with van der Waals surface area (Å²) in [5, 5.41) is 11.6. The summed E-state index contributed by atoms with van der Waals surface area (Å²) < 4.78 is 33.0. The lowest BCUT2D eigenvalue weighted by Gasteiger charge is -2.26. The molecule has 1 N–H and O–H groups in total. The van der Waals surface area contributed by atoms with E-state index in [0.29, 0.717) is 5.56 Å². The van der Waals surface area contributed by atoms with Crippen LogP contribution in [0.2, 0.25) is 5.02 Å². The third kappa shape index (κ3) is 4.33. The number of ketones is 1. The van der Waals surface area contributed by atoms with Crippen molar-refractivity contribution in [1.29, 1.82) is 0 Å². The van der Waals surface area contributed by atoms with Crippen LogP contribution in [-0.2, 0) is 9.59 Å². The number of rotatable bonds is 5. The fraction of sp³-hybridized carbons (Fsp3) is 0.154. The normalized spacial score (nSPS) is 17.1. The van der Waals surface area contributed by atoms with Gasteiger partial charge in [-0.3, -0.25) is 14.5 Å². The summed E-state index contributed by atoms with van der Waals surface area (Å²) in [5.74, 6) is -4.54. The number of methoxy groups -OCH3 is 1. The molecular formula is C26H21ClF2N2O4. The summed E-state index contributed by atoms with van der Waals surface area (Å²) in [4.78, 5) is 29.3. The number of amides is 1. The number of carbonyl (C=O) groups is 2. The second-order valence-corrected chi connectivity index (χ2v) is 8.53. The molecular weight excluding hydrogens is 478 g/mol. The van der Waals surface area contributed by atoms with Gasteiger partial charge in [-0.15, -0.1) is 0 Å². The van der Waals surface area contributed by atoms with Gasteiger partial charge in [0.05, 0.1) is 24.3 Å². The van der Waals surface area contributed by atoms with Gasteiger partial charge >= 0.3 is 0 Å². The average Bonchev–Trinajstić information content (AvgIpc) is 3.10. The van der Waals surface area contributed by atoms with Gasteiger partial charge < -0.3 is 14.7 Å². The van der Waals surface area contributed by atoms with Crippen LogP contribution in [0.5, 0.6) is 5.75 Å². The molecule has 1 aliphatic rings. The van der Waals surface area contributed by atoms with Crippen LogP contribution in [0.15, 0.2) is 66.2 Å². The Bertz CT molecular complexity index is 1360. The van der Waals surface area contributed by atoms with Crippen molar-refractivity contribution in [2.75, 3.05) is 31.0 Å². The zero-order valence-electron chi connectivity index (χ0n) is 19.1. The summed E-state index contributed by atoms with van der Waals surface area (Å²) >= 11 is 6.11. The molecule has 1 fully saturated rings. The van der Waals surface area contributed by atoms with Crippen molar-refractivity contribution in [2.45, 2.75) is 6.04 Å². The molecule has 1 amide bonds. The lowest BCUT2D eigenvalue weighted by molar-refractivity contribution is -0.132. The van der Waals surface area contributed by atoms with Crippen molar-refractivity contribution in [3.05, 3.63) is 94.0 Å². The Balaban J connectivity index is 1.98. The van der Waals surface area contributed by atoms with Gasteiger partial charge in [0.1, 0.15) is 11.5 Å². The number of aliphatic hydroxyl groups excluding tert-OH is 1. The predicted molar refractivity (Wildman–Crippen MR) is 130 cm³/mol. The summed E-state index contributed by atoms with van der Waals surface area (Å²) in [6.07, 6.45) is 0. The highest BCUT2D eigenvalue weighted by atomic mass is 35.5. The van der Waals surface area contributed by atoms with Crippen LogP contribution in [0.1, 0.15) is 17.2 Å². The van der Waals surface area contributed by atoms with E-state index in [-0.39, 0.29) is 27.6 Å². The van der Waals surface area contributed by atoms with E-state index in [1.807, 2.05) is 19.0 Å². The number of halogens is 3. The van der Waals surface area contributed by atoms with Gasteiger partial charge in [0.2, 0.25) is 0 Å². The molecule has 3 aromatic rings. The van der Waals surface area contributed by atoms with Gasteiger partial charge in [-0.2, -0.15) is 0 Å². The Labute approximate surface area is 205 Å². The smallest absolute Gasteiger partial charge is 0.300 e. The van der Waals surface area contributed by atoms with Crippen molar-refractivity contribution in [1.82, 2.24) is 0 Å². The van der Waals surface area contributed by atoms with Gasteiger partial charge in [0.15, 0.2) is 11.6 Å². The minimum absolute atomic E-state index is 0.0372. The van der Waals surface area contributed by atoms with Crippen LogP contribution in [0, 0.1) is 11.6 Å². The van der Waals surface area contributed by atoms with Crippen molar-refractivity contribution in [3.8, 4) is 5.75 Å². The molecule has 1 saturated heterocycles. The van der Waals surface area contributed by atoms with Crippen LogP contribution < -0.4 is 14.5 Å². The molecule has 180 valence electrons.